The molecule has 0 aliphatic carbocycles. The van der Waals surface area contributed by atoms with E-state index in [2.05, 4.69) is 5.32 Å². The number of methoxy groups -OCH3 is 1. The molecule has 0 radical (unpaired) electrons. The predicted molar refractivity (Wildman–Crippen MR) is 95.4 cm³/mol. The van der Waals surface area contributed by atoms with E-state index in [4.69, 9.17) is 9.47 Å². The molecule has 0 spiro atoms. The molecule has 1 N–H and O–H groups in total. The van der Waals surface area contributed by atoms with Crippen LogP contribution in [0.5, 0.6) is 11.5 Å². The van der Waals surface area contributed by atoms with Crippen molar-refractivity contribution < 1.29 is 14.3 Å². The highest BCUT2D eigenvalue weighted by atomic mass is 16.5. The first-order valence-corrected chi connectivity index (χ1v) is 8.21. The maximum absolute atomic E-state index is 12.6. The summed E-state index contributed by atoms with van der Waals surface area (Å²) >= 11 is 0. The second kappa shape index (κ2) is 8.39. The number of carbonyl (C=O) groups is 1. The summed E-state index contributed by atoms with van der Waals surface area (Å²) in [6.45, 7) is 5.89. The van der Waals surface area contributed by atoms with Gasteiger partial charge in [0.15, 0.2) is 6.10 Å². The zero-order chi connectivity index (χ0) is 17.5. The van der Waals surface area contributed by atoms with Crippen molar-refractivity contribution in [3.63, 3.8) is 0 Å². The molecule has 2 atom stereocenters. The van der Waals surface area contributed by atoms with Crippen molar-refractivity contribution in [1.29, 1.82) is 0 Å². The number of ether oxygens (including phenoxy) is 2. The summed E-state index contributed by atoms with van der Waals surface area (Å²) in [4.78, 5) is 12.6. The van der Waals surface area contributed by atoms with Crippen LogP contribution >= 0.6 is 0 Å². The normalized spacial score (nSPS) is 13.0. The summed E-state index contributed by atoms with van der Waals surface area (Å²) < 4.78 is 11.2. The van der Waals surface area contributed by atoms with E-state index in [0.29, 0.717) is 12.2 Å². The first-order chi connectivity index (χ1) is 11.5. The molecular weight excluding hydrogens is 302 g/mol. The molecule has 128 valence electrons. The standard InChI is InChI=1S/C20H25NO3/c1-5-18(24-16-12-10-14(2)11-13-16)20(22)21-15(3)17-8-6-7-9-19(17)23-4/h6-13,15,18H,5H2,1-4H3,(H,21,22)/t15-,18-/m1/s1. The Morgan fingerprint density at radius 1 is 1.12 bits per heavy atom. The van der Waals surface area contributed by atoms with Gasteiger partial charge >= 0.3 is 0 Å². The molecule has 0 heterocycles. The molecule has 4 nitrogen and oxygen atoms in total. The molecule has 0 bridgehead atoms. The molecule has 2 aromatic rings. The number of benzene rings is 2. The Morgan fingerprint density at radius 2 is 1.79 bits per heavy atom. The molecule has 2 aromatic carbocycles. The molecule has 0 saturated carbocycles. The summed E-state index contributed by atoms with van der Waals surface area (Å²) in [7, 11) is 1.63. The summed E-state index contributed by atoms with van der Waals surface area (Å²) in [5.41, 5.74) is 2.10. The lowest BCUT2D eigenvalue weighted by molar-refractivity contribution is -0.128. The number of nitrogens with one attached hydrogen (secondary N) is 1. The van der Waals surface area contributed by atoms with Crippen molar-refractivity contribution >= 4 is 5.91 Å². The minimum atomic E-state index is -0.523. The SMILES string of the molecule is CC[C@@H](Oc1ccc(C)cc1)C(=O)N[C@H](C)c1ccccc1OC. The van der Waals surface area contributed by atoms with Crippen molar-refractivity contribution in [2.75, 3.05) is 7.11 Å². The maximum atomic E-state index is 12.6. The number of hydrogen-bond acceptors (Lipinski definition) is 3. The fourth-order valence-corrected chi connectivity index (χ4v) is 2.51. The molecule has 0 saturated heterocycles. The van der Waals surface area contributed by atoms with E-state index in [0.717, 1.165) is 16.9 Å². The second-order valence-corrected chi connectivity index (χ2v) is 5.80. The minimum absolute atomic E-state index is 0.128. The lowest BCUT2D eigenvalue weighted by Crippen LogP contribution is -2.39. The number of rotatable bonds is 7. The first kappa shape index (κ1) is 17.9. The van der Waals surface area contributed by atoms with Gasteiger partial charge in [0.1, 0.15) is 11.5 Å². The number of carbonyl (C=O) groups excluding carboxylic acids is 1. The van der Waals surface area contributed by atoms with E-state index in [9.17, 15) is 4.79 Å². The molecular formula is C20H25NO3. The van der Waals surface area contributed by atoms with Crippen LogP contribution in [-0.2, 0) is 4.79 Å². The van der Waals surface area contributed by atoms with Crippen molar-refractivity contribution in [3.05, 3.63) is 59.7 Å². The number of para-hydroxylation sites is 1. The highest BCUT2D eigenvalue weighted by Crippen LogP contribution is 2.24. The van der Waals surface area contributed by atoms with Gasteiger partial charge in [-0.2, -0.15) is 0 Å². The fourth-order valence-electron chi connectivity index (χ4n) is 2.51. The van der Waals surface area contributed by atoms with Crippen LogP contribution in [0.3, 0.4) is 0 Å². The molecule has 0 aliphatic rings. The van der Waals surface area contributed by atoms with Crippen LogP contribution in [0.4, 0.5) is 0 Å². The third-order valence-electron chi connectivity index (χ3n) is 3.93. The molecule has 0 fully saturated rings. The zero-order valence-electron chi connectivity index (χ0n) is 14.7. The highest BCUT2D eigenvalue weighted by molar-refractivity contribution is 5.81. The second-order valence-electron chi connectivity index (χ2n) is 5.80. The molecule has 2 rings (SSSR count). The quantitative estimate of drug-likeness (QED) is 0.835. The maximum Gasteiger partial charge on any atom is 0.261 e. The third-order valence-corrected chi connectivity index (χ3v) is 3.93. The Hall–Kier alpha value is -2.49. The number of aryl methyl sites for hydroxylation is 1. The summed E-state index contributed by atoms with van der Waals surface area (Å²) in [6, 6.07) is 15.2. The van der Waals surface area contributed by atoms with E-state index >= 15 is 0 Å². The largest absolute Gasteiger partial charge is 0.496 e. The van der Waals surface area contributed by atoms with E-state index < -0.39 is 6.10 Å². The van der Waals surface area contributed by atoms with E-state index in [1.165, 1.54) is 0 Å². The van der Waals surface area contributed by atoms with Crippen LogP contribution in [-0.4, -0.2) is 19.1 Å². The number of amides is 1. The summed E-state index contributed by atoms with van der Waals surface area (Å²) in [5.74, 6) is 1.34. The van der Waals surface area contributed by atoms with Gasteiger partial charge in [0.2, 0.25) is 0 Å². The van der Waals surface area contributed by atoms with Crippen molar-refractivity contribution in [1.82, 2.24) is 5.32 Å². The Kier molecular flexibility index (Phi) is 6.24. The third kappa shape index (κ3) is 4.51. The Morgan fingerprint density at radius 3 is 2.42 bits per heavy atom. The minimum Gasteiger partial charge on any atom is -0.496 e. The zero-order valence-corrected chi connectivity index (χ0v) is 14.7. The van der Waals surface area contributed by atoms with Crippen molar-refractivity contribution in [2.24, 2.45) is 0 Å². The van der Waals surface area contributed by atoms with Crippen molar-refractivity contribution in [3.8, 4) is 11.5 Å². The van der Waals surface area contributed by atoms with Crippen LogP contribution in [0, 0.1) is 6.92 Å². The highest BCUT2D eigenvalue weighted by Gasteiger charge is 2.21. The molecule has 1 amide bonds. The van der Waals surface area contributed by atoms with Crippen LogP contribution in [0.2, 0.25) is 0 Å². The van der Waals surface area contributed by atoms with Gasteiger partial charge in [-0.3, -0.25) is 4.79 Å². The first-order valence-electron chi connectivity index (χ1n) is 8.21. The van der Waals surface area contributed by atoms with Gasteiger partial charge in [-0.05, 0) is 38.5 Å². The smallest absolute Gasteiger partial charge is 0.261 e. The number of hydrogen-bond donors (Lipinski definition) is 1. The molecule has 0 aromatic heterocycles. The summed E-state index contributed by atoms with van der Waals surface area (Å²) in [6.07, 6.45) is 0.0723. The lowest BCUT2D eigenvalue weighted by atomic mass is 10.1. The Balaban J connectivity index is 2.04. The van der Waals surface area contributed by atoms with Gasteiger partial charge in [-0.1, -0.05) is 42.8 Å². The predicted octanol–water partition coefficient (Wildman–Crippen LogP) is 4.04. The van der Waals surface area contributed by atoms with Gasteiger partial charge in [0.05, 0.1) is 13.2 Å². The van der Waals surface area contributed by atoms with Crippen LogP contribution in [0.25, 0.3) is 0 Å². The van der Waals surface area contributed by atoms with Gasteiger partial charge < -0.3 is 14.8 Å². The molecule has 0 aliphatic heterocycles. The van der Waals surface area contributed by atoms with Gasteiger partial charge in [-0.15, -0.1) is 0 Å². The molecule has 4 heteroatoms. The van der Waals surface area contributed by atoms with Gasteiger partial charge in [0.25, 0.3) is 5.91 Å². The van der Waals surface area contributed by atoms with E-state index in [1.807, 2.05) is 69.3 Å². The Bertz CT molecular complexity index is 667. The summed E-state index contributed by atoms with van der Waals surface area (Å²) in [5, 5.41) is 3.01. The molecule has 24 heavy (non-hydrogen) atoms. The monoisotopic (exact) mass is 327 g/mol. The van der Waals surface area contributed by atoms with Crippen LogP contribution in [0.15, 0.2) is 48.5 Å². The van der Waals surface area contributed by atoms with Crippen LogP contribution < -0.4 is 14.8 Å². The van der Waals surface area contributed by atoms with Crippen molar-refractivity contribution in [2.45, 2.75) is 39.3 Å². The van der Waals surface area contributed by atoms with E-state index in [-0.39, 0.29) is 11.9 Å². The van der Waals surface area contributed by atoms with Crippen LogP contribution in [0.1, 0.15) is 37.4 Å². The van der Waals surface area contributed by atoms with Gasteiger partial charge in [0, 0.05) is 5.56 Å². The lowest BCUT2D eigenvalue weighted by Gasteiger charge is -2.22. The molecule has 0 unspecified atom stereocenters. The fraction of sp³-hybridized carbons (Fsp3) is 0.350. The average Bonchev–Trinajstić information content (AvgIpc) is 2.60. The van der Waals surface area contributed by atoms with Gasteiger partial charge in [-0.25, -0.2) is 0 Å². The van der Waals surface area contributed by atoms with E-state index in [1.54, 1.807) is 7.11 Å². The Labute approximate surface area is 143 Å². The average molecular weight is 327 g/mol. The topological polar surface area (TPSA) is 47.6 Å².